The molecule has 1 heteroatoms. The van der Waals surface area contributed by atoms with E-state index < -0.39 is 0 Å². The van der Waals surface area contributed by atoms with Crippen LogP contribution in [-0.2, 0) is 4.74 Å². The van der Waals surface area contributed by atoms with E-state index in [9.17, 15) is 0 Å². The van der Waals surface area contributed by atoms with E-state index in [2.05, 4.69) is 20.4 Å². The number of ether oxygens (including phenoxy) is 1. The zero-order valence-corrected chi connectivity index (χ0v) is 8.51. The van der Waals surface area contributed by atoms with Crippen LogP contribution in [0.25, 0.3) is 0 Å². The van der Waals surface area contributed by atoms with Crippen molar-refractivity contribution in [3.05, 3.63) is 12.8 Å². The molecule has 0 saturated heterocycles. The Hall–Kier alpha value is -0.460. The van der Waals surface area contributed by atoms with Gasteiger partial charge in [0, 0.05) is 0 Å². The van der Waals surface area contributed by atoms with Crippen LogP contribution in [0, 0.1) is 5.92 Å². The topological polar surface area (TPSA) is 9.23 Å². The fourth-order valence-corrected chi connectivity index (χ4v) is 1.29. The van der Waals surface area contributed by atoms with Crippen molar-refractivity contribution in [2.45, 2.75) is 46.0 Å². The van der Waals surface area contributed by atoms with Gasteiger partial charge in [0.2, 0.25) is 0 Å². The van der Waals surface area contributed by atoms with Crippen LogP contribution < -0.4 is 0 Å². The predicted molar refractivity (Wildman–Crippen MR) is 54.1 cm³/mol. The summed E-state index contributed by atoms with van der Waals surface area (Å²) in [7, 11) is 0. The van der Waals surface area contributed by atoms with Crippen LogP contribution in [0.1, 0.15) is 46.0 Å². The van der Waals surface area contributed by atoms with Gasteiger partial charge in [0.25, 0.3) is 0 Å². The first-order valence-electron chi connectivity index (χ1n) is 5.07. The molecule has 0 bridgehead atoms. The SMILES string of the molecule is C=COCC(CC)CCCCC. The van der Waals surface area contributed by atoms with Gasteiger partial charge in [-0.2, -0.15) is 0 Å². The molecule has 1 unspecified atom stereocenters. The Balaban J connectivity index is 3.32. The first kappa shape index (κ1) is 11.5. The summed E-state index contributed by atoms with van der Waals surface area (Å²) in [4.78, 5) is 0. The smallest absolute Gasteiger partial charge is 0.0901 e. The zero-order chi connectivity index (χ0) is 9.23. The summed E-state index contributed by atoms with van der Waals surface area (Å²) in [5.41, 5.74) is 0. The molecular weight excluding hydrogens is 148 g/mol. The Kier molecular flexibility index (Phi) is 8.30. The maximum absolute atomic E-state index is 5.18. The zero-order valence-electron chi connectivity index (χ0n) is 8.51. The maximum atomic E-state index is 5.18. The molecule has 0 aliphatic rings. The minimum atomic E-state index is 0.731. The largest absolute Gasteiger partial charge is 0.502 e. The Morgan fingerprint density at radius 2 is 2.08 bits per heavy atom. The van der Waals surface area contributed by atoms with Crippen LogP contribution in [0.15, 0.2) is 12.8 Å². The highest BCUT2D eigenvalue weighted by Gasteiger charge is 2.04. The monoisotopic (exact) mass is 170 g/mol. The Morgan fingerprint density at radius 3 is 2.58 bits per heavy atom. The van der Waals surface area contributed by atoms with Crippen molar-refractivity contribution >= 4 is 0 Å². The van der Waals surface area contributed by atoms with Crippen molar-refractivity contribution in [1.82, 2.24) is 0 Å². The van der Waals surface area contributed by atoms with Crippen LogP contribution in [0.2, 0.25) is 0 Å². The van der Waals surface area contributed by atoms with Crippen molar-refractivity contribution < 1.29 is 4.74 Å². The summed E-state index contributed by atoms with van der Waals surface area (Å²) in [6.45, 7) is 8.85. The van der Waals surface area contributed by atoms with Gasteiger partial charge < -0.3 is 4.74 Å². The molecule has 0 spiro atoms. The van der Waals surface area contributed by atoms with Crippen LogP contribution in [0.5, 0.6) is 0 Å². The van der Waals surface area contributed by atoms with Gasteiger partial charge in [-0.25, -0.2) is 0 Å². The predicted octanol–water partition coefficient (Wildman–Crippen LogP) is 3.75. The van der Waals surface area contributed by atoms with E-state index in [1.807, 2.05) is 0 Å². The van der Waals surface area contributed by atoms with Gasteiger partial charge in [-0.15, -0.1) is 0 Å². The standard InChI is InChI=1S/C11H22O/c1-4-7-8-9-11(5-2)10-12-6-3/h6,11H,3-5,7-10H2,1-2H3. The number of unbranched alkanes of at least 4 members (excludes halogenated alkanes) is 2. The lowest BCUT2D eigenvalue weighted by atomic mass is 10.00. The Labute approximate surface area is 76.8 Å². The third kappa shape index (κ3) is 6.26. The summed E-state index contributed by atoms with van der Waals surface area (Å²) < 4.78 is 5.18. The normalized spacial score (nSPS) is 12.5. The molecule has 0 aliphatic heterocycles. The molecule has 0 N–H and O–H groups in total. The molecule has 0 rings (SSSR count). The van der Waals surface area contributed by atoms with Crippen LogP contribution >= 0.6 is 0 Å². The molecule has 0 saturated carbocycles. The highest BCUT2D eigenvalue weighted by Crippen LogP contribution is 2.13. The van der Waals surface area contributed by atoms with Gasteiger partial charge in [0.05, 0.1) is 12.9 Å². The Bertz CT molecular complexity index is 99.2. The number of hydrogen-bond donors (Lipinski definition) is 0. The van der Waals surface area contributed by atoms with Crippen LogP contribution in [-0.4, -0.2) is 6.61 Å². The second-order valence-corrected chi connectivity index (χ2v) is 3.27. The molecule has 0 aromatic carbocycles. The summed E-state index contributed by atoms with van der Waals surface area (Å²) in [6.07, 6.45) is 8.07. The minimum absolute atomic E-state index is 0.731. The van der Waals surface area contributed by atoms with E-state index in [0.29, 0.717) is 0 Å². The number of rotatable bonds is 8. The van der Waals surface area contributed by atoms with E-state index >= 15 is 0 Å². The van der Waals surface area contributed by atoms with E-state index in [-0.39, 0.29) is 0 Å². The molecule has 0 aliphatic carbocycles. The van der Waals surface area contributed by atoms with Crippen molar-refractivity contribution in [2.24, 2.45) is 5.92 Å². The summed E-state index contributed by atoms with van der Waals surface area (Å²) >= 11 is 0. The average Bonchev–Trinajstić information content (AvgIpc) is 2.11. The van der Waals surface area contributed by atoms with Crippen molar-refractivity contribution in [3.63, 3.8) is 0 Å². The van der Waals surface area contributed by atoms with Gasteiger partial charge in [-0.3, -0.25) is 0 Å². The van der Waals surface area contributed by atoms with E-state index in [1.165, 1.54) is 32.1 Å². The van der Waals surface area contributed by atoms with Crippen LogP contribution in [0.4, 0.5) is 0 Å². The van der Waals surface area contributed by atoms with Gasteiger partial charge in [0.1, 0.15) is 0 Å². The average molecular weight is 170 g/mol. The molecule has 12 heavy (non-hydrogen) atoms. The van der Waals surface area contributed by atoms with Gasteiger partial charge >= 0.3 is 0 Å². The quantitative estimate of drug-likeness (QED) is 0.398. The second-order valence-electron chi connectivity index (χ2n) is 3.27. The van der Waals surface area contributed by atoms with E-state index in [4.69, 9.17) is 4.74 Å². The summed E-state index contributed by atoms with van der Waals surface area (Å²) in [5, 5.41) is 0. The fraction of sp³-hybridized carbons (Fsp3) is 0.818. The maximum Gasteiger partial charge on any atom is 0.0901 e. The lowest BCUT2D eigenvalue weighted by Gasteiger charge is -2.13. The van der Waals surface area contributed by atoms with Gasteiger partial charge in [0.15, 0.2) is 0 Å². The van der Waals surface area contributed by atoms with Crippen molar-refractivity contribution in [1.29, 1.82) is 0 Å². The molecule has 72 valence electrons. The first-order valence-corrected chi connectivity index (χ1v) is 5.07. The first-order chi connectivity index (χ1) is 5.85. The lowest BCUT2D eigenvalue weighted by Crippen LogP contribution is -2.06. The molecule has 0 aromatic heterocycles. The molecule has 1 atom stereocenters. The summed E-state index contributed by atoms with van der Waals surface area (Å²) in [6, 6.07) is 0. The van der Waals surface area contributed by atoms with Gasteiger partial charge in [-0.1, -0.05) is 46.1 Å². The molecule has 0 amide bonds. The molecular formula is C11H22O. The number of hydrogen-bond acceptors (Lipinski definition) is 1. The molecule has 0 radical (unpaired) electrons. The van der Waals surface area contributed by atoms with Crippen molar-refractivity contribution in [2.75, 3.05) is 6.61 Å². The summed E-state index contributed by atoms with van der Waals surface area (Å²) in [5.74, 6) is 0.731. The molecule has 0 aromatic rings. The van der Waals surface area contributed by atoms with Crippen LogP contribution in [0.3, 0.4) is 0 Å². The highest BCUT2D eigenvalue weighted by atomic mass is 16.5. The van der Waals surface area contributed by atoms with Crippen molar-refractivity contribution in [3.8, 4) is 0 Å². The van der Waals surface area contributed by atoms with E-state index in [0.717, 1.165) is 12.5 Å². The molecule has 0 fully saturated rings. The lowest BCUT2D eigenvalue weighted by molar-refractivity contribution is 0.183. The van der Waals surface area contributed by atoms with Gasteiger partial charge in [-0.05, 0) is 12.3 Å². The fourth-order valence-electron chi connectivity index (χ4n) is 1.29. The minimum Gasteiger partial charge on any atom is -0.502 e. The Morgan fingerprint density at radius 1 is 1.33 bits per heavy atom. The molecule has 1 nitrogen and oxygen atoms in total. The molecule has 0 heterocycles. The third-order valence-electron chi connectivity index (χ3n) is 2.24. The third-order valence-corrected chi connectivity index (χ3v) is 2.24. The van der Waals surface area contributed by atoms with E-state index in [1.54, 1.807) is 6.26 Å². The second kappa shape index (κ2) is 8.63. The highest BCUT2D eigenvalue weighted by molar-refractivity contribution is 4.59.